The fourth-order valence-electron chi connectivity index (χ4n) is 2.94. The zero-order valence-corrected chi connectivity index (χ0v) is 15.0. The summed E-state index contributed by atoms with van der Waals surface area (Å²) >= 11 is 0. The Kier molecular flexibility index (Phi) is 6.13. The molecule has 1 N–H and O–H groups in total. The predicted octanol–water partition coefficient (Wildman–Crippen LogP) is 2.68. The van der Waals surface area contributed by atoms with E-state index < -0.39 is 11.7 Å². The van der Waals surface area contributed by atoms with E-state index in [9.17, 15) is 22.4 Å². The fourth-order valence-corrected chi connectivity index (χ4v) is 2.94. The number of aromatic nitrogens is 1. The summed E-state index contributed by atoms with van der Waals surface area (Å²) in [4.78, 5) is 19.8. The highest BCUT2D eigenvalue weighted by Crippen LogP contribution is 2.29. The maximum absolute atomic E-state index is 12.9. The molecule has 1 amide bonds. The van der Waals surface area contributed by atoms with Crippen molar-refractivity contribution in [1.82, 2.24) is 15.2 Å². The Morgan fingerprint density at radius 3 is 2.29 bits per heavy atom. The maximum Gasteiger partial charge on any atom is 0.417 e. The lowest BCUT2D eigenvalue weighted by molar-refractivity contribution is -0.137. The average Bonchev–Trinajstić information content (AvgIpc) is 2.68. The molecule has 0 radical (unpaired) electrons. The molecule has 0 spiro atoms. The van der Waals surface area contributed by atoms with Crippen LogP contribution in [0.1, 0.15) is 11.1 Å². The van der Waals surface area contributed by atoms with Crippen molar-refractivity contribution in [1.29, 1.82) is 0 Å². The second-order valence-corrected chi connectivity index (χ2v) is 6.57. The highest BCUT2D eigenvalue weighted by molar-refractivity contribution is 5.78. The van der Waals surface area contributed by atoms with Crippen LogP contribution >= 0.6 is 0 Å². The molecule has 1 fully saturated rings. The molecule has 0 unspecified atom stereocenters. The average molecular weight is 396 g/mol. The number of halogens is 4. The molecule has 1 aromatic carbocycles. The number of piperazine rings is 1. The minimum absolute atomic E-state index is 0.134. The number of nitrogens with zero attached hydrogens (tertiary/aromatic N) is 3. The first kappa shape index (κ1) is 20.1. The first-order valence-electron chi connectivity index (χ1n) is 8.83. The lowest BCUT2D eigenvalue weighted by Gasteiger charge is -2.35. The van der Waals surface area contributed by atoms with Crippen LogP contribution in [0, 0.1) is 5.82 Å². The van der Waals surface area contributed by atoms with E-state index in [-0.39, 0.29) is 18.3 Å². The number of carbonyl (C=O) groups is 1. The van der Waals surface area contributed by atoms with Crippen LogP contribution in [-0.2, 0) is 17.5 Å². The Morgan fingerprint density at radius 1 is 1.04 bits per heavy atom. The number of amides is 1. The highest BCUT2D eigenvalue weighted by atomic mass is 19.4. The van der Waals surface area contributed by atoms with Gasteiger partial charge in [-0.15, -0.1) is 0 Å². The molecule has 150 valence electrons. The van der Waals surface area contributed by atoms with Crippen LogP contribution < -0.4 is 10.2 Å². The predicted molar refractivity (Wildman–Crippen MR) is 96.1 cm³/mol. The molecule has 0 aliphatic carbocycles. The molecular formula is C19H20F4N4O. The van der Waals surface area contributed by atoms with Crippen LogP contribution in [0.5, 0.6) is 0 Å². The van der Waals surface area contributed by atoms with Gasteiger partial charge in [0.1, 0.15) is 11.6 Å². The van der Waals surface area contributed by atoms with Gasteiger partial charge in [-0.3, -0.25) is 9.69 Å². The summed E-state index contributed by atoms with van der Waals surface area (Å²) in [6, 6.07) is 8.31. The highest BCUT2D eigenvalue weighted by Gasteiger charge is 2.31. The third-order valence-corrected chi connectivity index (χ3v) is 4.54. The number of hydrogen-bond donors (Lipinski definition) is 1. The van der Waals surface area contributed by atoms with E-state index in [0.29, 0.717) is 38.5 Å². The third-order valence-electron chi connectivity index (χ3n) is 4.54. The van der Waals surface area contributed by atoms with E-state index in [1.807, 2.05) is 9.80 Å². The lowest BCUT2D eigenvalue weighted by Crippen LogP contribution is -2.49. The molecule has 5 nitrogen and oxygen atoms in total. The van der Waals surface area contributed by atoms with Gasteiger partial charge >= 0.3 is 6.18 Å². The van der Waals surface area contributed by atoms with Crippen molar-refractivity contribution in [3.05, 3.63) is 59.5 Å². The summed E-state index contributed by atoms with van der Waals surface area (Å²) in [6.07, 6.45) is -3.56. The monoisotopic (exact) mass is 396 g/mol. The van der Waals surface area contributed by atoms with Crippen LogP contribution in [0.25, 0.3) is 0 Å². The molecule has 1 aromatic heterocycles. The van der Waals surface area contributed by atoms with Crippen LogP contribution in [0.4, 0.5) is 23.4 Å². The van der Waals surface area contributed by atoms with E-state index in [4.69, 9.17) is 0 Å². The lowest BCUT2D eigenvalue weighted by atomic mass is 10.2. The second-order valence-electron chi connectivity index (χ2n) is 6.57. The van der Waals surface area contributed by atoms with Gasteiger partial charge in [0.2, 0.25) is 5.91 Å². The van der Waals surface area contributed by atoms with Gasteiger partial charge in [0.15, 0.2) is 0 Å². The zero-order chi connectivity index (χ0) is 20.1. The molecule has 2 heterocycles. The summed E-state index contributed by atoms with van der Waals surface area (Å²) < 4.78 is 50.7. The number of nitrogens with one attached hydrogen (secondary N) is 1. The summed E-state index contributed by atoms with van der Waals surface area (Å²) in [5.74, 6) is 0.0364. The molecule has 0 bridgehead atoms. The van der Waals surface area contributed by atoms with Gasteiger partial charge in [0.05, 0.1) is 12.1 Å². The van der Waals surface area contributed by atoms with Gasteiger partial charge in [0.25, 0.3) is 0 Å². The molecular weight excluding hydrogens is 376 g/mol. The van der Waals surface area contributed by atoms with Crippen LogP contribution in [0.2, 0.25) is 0 Å². The summed E-state index contributed by atoms with van der Waals surface area (Å²) in [5, 5.41) is 2.79. The van der Waals surface area contributed by atoms with E-state index >= 15 is 0 Å². The van der Waals surface area contributed by atoms with Crippen molar-refractivity contribution in [2.75, 3.05) is 37.6 Å². The van der Waals surface area contributed by atoms with Gasteiger partial charge in [-0.25, -0.2) is 9.37 Å². The summed E-state index contributed by atoms with van der Waals surface area (Å²) in [7, 11) is 0. The normalized spacial score (nSPS) is 15.5. The van der Waals surface area contributed by atoms with Gasteiger partial charge in [-0.2, -0.15) is 13.2 Å². The first-order valence-corrected chi connectivity index (χ1v) is 8.83. The molecule has 0 atom stereocenters. The second kappa shape index (κ2) is 8.55. The Balaban J connectivity index is 1.43. The molecule has 3 rings (SSSR count). The molecule has 28 heavy (non-hydrogen) atoms. The van der Waals surface area contributed by atoms with E-state index in [1.54, 1.807) is 12.1 Å². The van der Waals surface area contributed by atoms with E-state index in [0.717, 1.165) is 17.8 Å². The zero-order valence-electron chi connectivity index (χ0n) is 15.0. The molecule has 1 aliphatic rings. The molecule has 1 aliphatic heterocycles. The van der Waals surface area contributed by atoms with Crippen molar-refractivity contribution in [2.24, 2.45) is 0 Å². The molecule has 1 saturated heterocycles. The van der Waals surface area contributed by atoms with Crippen LogP contribution in [0.3, 0.4) is 0 Å². The van der Waals surface area contributed by atoms with Crippen molar-refractivity contribution < 1.29 is 22.4 Å². The SMILES string of the molecule is O=C(CN1CCN(c2ccc(C(F)(F)F)cn2)CC1)NCc1ccc(F)cc1. The topological polar surface area (TPSA) is 48.5 Å². The van der Waals surface area contributed by atoms with E-state index in [1.165, 1.54) is 18.2 Å². The number of carbonyl (C=O) groups excluding carboxylic acids is 1. The maximum atomic E-state index is 12.9. The quantitative estimate of drug-likeness (QED) is 0.790. The number of rotatable bonds is 5. The van der Waals surface area contributed by atoms with Gasteiger partial charge < -0.3 is 10.2 Å². The molecule has 2 aromatic rings. The van der Waals surface area contributed by atoms with Crippen molar-refractivity contribution in [3.63, 3.8) is 0 Å². The summed E-state index contributed by atoms with van der Waals surface area (Å²) in [5.41, 5.74) is 0.0423. The Labute approximate surface area is 160 Å². The Morgan fingerprint density at radius 2 is 1.71 bits per heavy atom. The van der Waals surface area contributed by atoms with E-state index in [2.05, 4.69) is 10.3 Å². The number of hydrogen-bond acceptors (Lipinski definition) is 4. The van der Waals surface area contributed by atoms with Gasteiger partial charge in [-0.05, 0) is 29.8 Å². The third kappa shape index (κ3) is 5.41. The van der Waals surface area contributed by atoms with Gasteiger partial charge in [0, 0.05) is 38.9 Å². The van der Waals surface area contributed by atoms with Gasteiger partial charge in [-0.1, -0.05) is 12.1 Å². The Bertz CT molecular complexity index is 785. The molecule has 0 saturated carbocycles. The van der Waals surface area contributed by atoms with Crippen LogP contribution in [-0.4, -0.2) is 48.5 Å². The standard InChI is InChI=1S/C19H20F4N4O/c20-16-4-1-14(2-5-16)11-25-18(28)13-26-7-9-27(10-8-26)17-6-3-15(12-24-17)19(21,22)23/h1-6,12H,7-11,13H2,(H,25,28). The van der Waals surface area contributed by atoms with Crippen molar-refractivity contribution >= 4 is 11.7 Å². The van der Waals surface area contributed by atoms with Crippen molar-refractivity contribution in [2.45, 2.75) is 12.7 Å². The largest absolute Gasteiger partial charge is 0.417 e. The number of pyridine rings is 1. The summed E-state index contributed by atoms with van der Waals surface area (Å²) in [6.45, 7) is 2.91. The number of benzene rings is 1. The number of anilines is 1. The van der Waals surface area contributed by atoms with Crippen LogP contribution in [0.15, 0.2) is 42.6 Å². The first-order chi connectivity index (χ1) is 13.3. The minimum Gasteiger partial charge on any atom is -0.354 e. The number of alkyl halides is 3. The Hall–Kier alpha value is -2.68. The smallest absolute Gasteiger partial charge is 0.354 e. The fraction of sp³-hybridized carbons (Fsp3) is 0.368. The molecule has 9 heteroatoms. The minimum atomic E-state index is -4.40. The van der Waals surface area contributed by atoms with Crippen molar-refractivity contribution in [3.8, 4) is 0 Å².